The molecule has 1 N–H and O–H groups in total. The molecule has 4 heteroatoms. The van der Waals surface area contributed by atoms with Crippen molar-refractivity contribution >= 4 is 0 Å². The Labute approximate surface area is 101 Å². The van der Waals surface area contributed by atoms with Gasteiger partial charge in [-0.1, -0.05) is 12.1 Å². The first kappa shape index (κ1) is 12.5. The van der Waals surface area contributed by atoms with E-state index in [-0.39, 0.29) is 5.82 Å². The second kappa shape index (κ2) is 6.10. The molecule has 1 heterocycles. The summed E-state index contributed by atoms with van der Waals surface area (Å²) in [5.74, 6) is -0.269. The third kappa shape index (κ3) is 3.77. The largest absolute Gasteiger partial charge is 0.388 e. The summed E-state index contributed by atoms with van der Waals surface area (Å²) in [6, 6.07) is 6.04. The highest BCUT2D eigenvalue weighted by atomic mass is 19.1. The van der Waals surface area contributed by atoms with Gasteiger partial charge >= 0.3 is 0 Å². The average molecular weight is 239 g/mol. The van der Waals surface area contributed by atoms with Gasteiger partial charge in [0, 0.05) is 19.6 Å². The van der Waals surface area contributed by atoms with E-state index in [1.54, 1.807) is 12.1 Å². The summed E-state index contributed by atoms with van der Waals surface area (Å²) < 4.78 is 18.0. The predicted molar refractivity (Wildman–Crippen MR) is 63.2 cm³/mol. The van der Waals surface area contributed by atoms with Crippen LogP contribution < -0.4 is 0 Å². The van der Waals surface area contributed by atoms with Gasteiger partial charge < -0.3 is 9.84 Å². The first-order valence-corrected chi connectivity index (χ1v) is 5.99. The predicted octanol–water partition coefficient (Wildman–Crippen LogP) is 1.58. The SMILES string of the molecule is O[C@@H](CCN1CCOCC1)c1ccc(F)cc1. The van der Waals surface area contributed by atoms with Crippen LogP contribution in [-0.2, 0) is 4.74 Å². The van der Waals surface area contributed by atoms with E-state index in [4.69, 9.17) is 4.74 Å². The zero-order valence-electron chi connectivity index (χ0n) is 9.81. The molecule has 3 nitrogen and oxygen atoms in total. The third-order valence-corrected chi connectivity index (χ3v) is 3.08. The van der Waals surface area contributed by atoms with Gasteiger partial charge in [-0.2, -0.15) is 0 Å². The number of benzene rings is 1. The van der Waals surface area contributed by atoms with E-state index in [1.165, 1.54) is 12.1 Å². The number of nitrogens with zero attached hydrogens (tertiary/aromatic N) is 1. The van der Waals surface area contributed by atoms with E-state index >= 15 is 0 Å². The van der Waals surface area contributed by atoms with Crippen molar-refractivity contribution in [2.45, 2.75) is 12.5 Å². The van der Waals surface area contributed by atoms with Crippen LogP contribution >= 0.6 is 0 Å². The van der Waals surface area contributed by atoms with Gasteiger partial charge in [-0.3, -0.25) is 4.90 Å². The van der Waals surface area contributed by atoms with Crippen molar-refractivity contribution in [3.8, 4) is 0 Å². The average Bonchev–Trinajstić information content (AvgIpc) is 2.38. The minimum absolute atomic E-state index is 0.269. The standard InChI is InChI=1S/C13H18FNO2/c14-12-3-1-11(2-4-12)13(16)5-6-15-7-9-17-10-8-15/h1-4,13,16H,5-10H2/t13-/m0/s1. The van der Waals surface area contributed by atoms with Gasteiger partial charge in [-0.25, -0.2) is 4.39 Å². The van der Waals surface area contributed by atoms with Crippen LogP contribution in [0.5, 0.6) is 0 Å². The lowest BCUT2D eigenvalue weighted by molar-refractivity contribution is 0.0300. The van der Waals surface area contributed by atoms with Crippen LogP contribution in [0.3, 0.4) is 0 Å². The molecule has 0 bridgehead atoms. The Kier molecular flexibility index (Phi) is 4.48. The van der Waals surface area contributed by atoms with Gasteiger partial charge in [0.1, 0.15) is 5.82 Å². The van der Waals surface area contributed by atoms with E-state index in [1.807, 2.05) is 0 Å². The number of morpholine rings is 1. The Balaban J connectivity index is 1.80. The Morgan fingerprint density at radius 1 is 1.24 bits per heavy atom. The summed E-state index contributed by atoms with van der Waals surface area (Å²) in [5, 5.41) is 9.96. The number of hydrogen-bond acceptors (Lipinski definition) is 3. The fourth-order valence-electron chi connectivity index (χ4n) is 1.98. The minimum Gasteiger partial charge on any atom is -0.388 e. The fourth-order valence-corrected chi connectivity index (χ4v) is 1.98. The molecule has 1 saturated heterocycles. The number of halogens is 1. The Morgan fingerprint density at radius 3 is 2.53 bits per heavy atom. The first-order valence-electron chi connectivity index (χ1n) is 5.99. The maximum absolute atomic E-state index is 12.7. The molecule has 0 spiro atoms. The zero-order chi connectivity index (χ0) is 12.1. The van der Waals surface area contributed by atoms with Crippen molar-refractivity contribution in [2.75, 3.05) is 32.8 Å². The lowest BCUT2D eigenvalue weighted by Gasteiger charge is -2.27. The summed E-state index contributed by atoms with van der Waals surface area (Å²) in [7, 11) is 0. The van der Waals surface area contributed by atoms with Crippen molar-refractivity contribution in [3.05, 3.63) is 35.6 Å². The molecule has 1 aromatic rings. The number of hydrogen-bond donors (Lipinski definition) is 1. The molecule has 2 rings (SSSR count). The molecule has 17 heavy (non-hydrogen) atoms. The van der Waals surface area contributed by atoms with Crippen molar-refractivity contribution in [1.82, 2.24) is 4.90 Å². The molecular formula is C13H18FNO2. The summed E-state index contributed by atoms with van der Waals surface area (Å²) in [4.78, 5) is 2.27. The van der Waals surface area contributed by atoms with Crippen LogP contribution in [0.15, 0.2) is 24.3 Å². The van der Waals surface area contributed by atoms with Gasteiger partial charge in [0.25, 0.3) is 0 Å². The summed E-state index contributed by atoms with van der Waals surface area (Å²) in [6.07, 6.45) is 0.157. The summed E-state index contributed by atoms with van der Waals surface area (Å²) >= 11 is 0. The molecule has 0 radical (unpaired) electrons. The normalized spacial score (nSPS) is 19.2. The van der Waals surface area contributed by atoms with Crippen molar-refractivity contribution in [3.63, 3.8) is 0 Å². The zero-order valence-corrected chi connectivity index (χ0v) is 9.81. The number of aliphatic hydroxyl groups excluding tert-OH is 1. The van der Waals surface area contributed by atoms with Gasteiger partial charge in [0.15, 0.2) is 0 Å². The van der Waals surface area contributed by atoms with Crippen LogP contribution in [-0.4, -0.2) is 42.9 Å². The van der Waals surface area contributed by atoms with Crippen LogP contribution in [0.1, 0.15) is 18.1 Å². The number of aliphatic hydroxyl groups is 1. The molecule has 1 atom stereocenters. The highest BCUT2D eigenvalue weighted by Gasteiger charge is 2.13. The van der Waals surface area contributed by atoms with E-state index in [0.29, 0.717) is 6.42 Å². The van der Waals surface area contributed by atoms with Gasteiger partial charge in [0.05, 0.1) is 19.3 Å². The van der Waals surface area contributed by atoms with Gasteiger partial charge in [0.2, 0.25) is 0 Å². The maximum Gasteiger partial charge on any atom is 0.123 e. The summed E-state index contributed by atoms with van der Waals surface area (Å²) in [6.45, 7) is 4.24. The quantitative estimate of drug-likeness (QED) is 0.866. The highest BCUT2D eigenvalue weighted by molar-refractivity contribution is 5.18. The number of ether oxygens (including phenoxy) is 1. The Bertz CT molecular complexity index is 336. The highest BCUT2D eigenvalue weighted by Crippen LogP contribution is 2.17. The molecule has 0 aliphatic carbocycles. The molecule has 1 fully saturated rings. The second-order valence-corrected chi connectivity index (χ2v) is 4.31. The van der Waals surface area contributed by atoms with Gasteiger partial charge in [-0.15, -0.1) is 0 Å². The third-order valence-electron chi connectivity index (χ3n) is 3.08. The molecular weight excluding hydrogens is 221 g/mol. The van der Waals surface area contributed by atoms with Crippen LogP contribution in [0, 0.1) is 5.82 Å². The number of rotatable bonds is 4. The van der Waals surface area contributed by atoms with Crippen molar-refractivity contribution in [2.24, 2.45) is 0 Å². The molecule has 0 amide bonds. The van der Waals surface area contributed by atoms with Crippen LogP contribution in [0.25, 0.3) is 0 Å². The van der Waals surface area contributed by atoms with Crippen LogP contribution in [0.4, 0.5) is 4.39 Å². The minimum atomic E-state index is -0.515. The Morgan fingerprint density at radius 2 is 1.88 bits per heavy atom. The first-order chi connectivity index (χ1) is 8.25. The molecule has 1 aromatic carbocycles. The maximum atomic E-state index is 12.7. The molecule has 1 aliphatic heterocycles. The van der Waals surface area contributed by atoms with E-state index in [0.717, 1.165) is 38.4 Å². The van der Waals surface area contributed by atoms with E-state index < -0.39 is 6.10 Å². The van der Waals surface area contributed by atoms with Crippen molar-refractivity contribution < 1.29 is 14.2 Å². The van der Waals surface area contributed by atoms with E-state index in [2.05, 4.69) is 4.90 Å². The van der Waals surface area contributed by atoms with Crippen molar-refractivity contribution in [1.29, 1.82) is 0 Å². The van der Waals surface area contributed by atoms with E-state index in [9.17, 15) is 9.50 Å². The lowest BCUT2D eigenvalue weighted by atomic mass is 10.1. The summed E-state index contributed by atoms with van der Waals surface area (Å²) in [5.41, 5.74) is 0.777. The van der Waals surface area contributed by atoms with Gasteiger partial charge in [-0.05, 0) is 24.1 Å². The molecule has 0 unspecified atom stereocenters. The topological polar surface area (TPSA) is 32.7 Å². The smallest absolute Gasteiger partial charge is 0.123 e. The monoisotopic (exact) mass is 239 g/mol. The molecule has 0 saturated carbocycles. The molecule has 0 aromatic heterocycles. The Hall–Kier alpha value is -0.970. The van der Waals surface area contributed by atoms with Crippen LogP contribution in [0.2, 0.25) is 0 Å². The fraction of sp³-hybridized carbons (Fsp3) is 0.538. The second-order valence-electron chi connectivity index (χ2n) is 4.31. The molecule has 94 valence electrons. The lowest BCUT2D eigenvalue weighted by Crippen LogP contribution is -2.37. The molecule has 1 aliphatic rings.